The molecule has 0 radical (unpaired) electrons. The van der Waals surface area contributed by atoms with Crippen LogP contribution >= 0.6 is 27.5 Å². The van der Waals surface area contributed by atoms with Gasteiger partial charge in [-0.3, -0.25) is 0 Å². The summed E-state index contributed by atoms with van der Waals surface area (Å²) in [4.78, 5) is 0. The fraction of sp³-hybridized carbons (Fsp3) is 0.0769. The molecule has 88 valence electrons. The molecule has 0 atom stereocenters. The monoisotopic (exact) mass is 313 g/mol. The summed E-state index contributed by atoms with van der Waals surface area (Å²) in [7, 11) is 0. The molecular formula is C13H10BrClFN. The predicted molar refractivity (Wildman–Crippen MR) is 72.9 cm³/mol. The van der Waals surface area contributed by atoms with Gasteiger partial charge >= 0.3 is 0 Å². The lowest BCUT2D eigenvalue weighted by Crippen LogP contribution is -2.01. The minimum Gasteiger partial charge on any atom is -0.380 e. The molecule has 0 spiro atoms. The van der Waals surface area contributed by atoms with Gasteiger partial charge in [0.2, 0.25) is 0 Å². The average molecular weight is 315 g/mol. The predicted octanol–water partition coefficient (Wildman–Crippen LogP) is 4.85. The van der Waals surface area contributed by atoms with Crippen molar-refractivity contribution in [3.05, 3.63) is 63.3 Å². The van der Waals surface area contributed by atoms with Gasteiger partial charge in [-0.25, -0.2) is 4.39 Å². The second-order valence-corrected chi connectivity index (χ2v) is 4.89. The van der Waals surface area contributed by atoms with Gasteiger partial charge in [-0.15, -0.1) is 0 Å². The Morgan fingerprint density at radius 2 is 1.94 bits per heavy atom. The van der Waals surface area contributed by atoms with E-state index >= 15 is 0 Å². The van der Waals surface area contributed by atoms with Gasteiger partial charge in [-0.05, 0) is 24.3 Å². The molecule has 0 heterocycles. The maximum atomic E-state index is 13.4. The van der Waals surface area contributed by atoms with Gasteiger partial charge in [0.15, 0.2) is 0 Å². The fourth-order valence-electron chi connectivity index (χ4n) is 1.47. The molecular weight excluding hydrogens is 305 g/mol. The van der Waals surface area contributed by atoms with Gasteiger partial charge in [0.05, 0.1) is 10.7 Å². The Kier molecular flexibility index (Phi) is 4.02. The summed E-state index contributed by atoms with van der Waals surface area (Å²) < 4.78 is 14.3. The quantitative estimate of drug-likeness (QED) is 0.853. The summed E-state index contributed by atoms with van der Waals surface area (Å²) >= 11 is 9.38. The number of hydrogen-bond donors (Lipinski definition) is 1. The van der Waals surface area contributed by atoms with Gasteiger partial charge < -0.3 is 5.32 Å². The lowest BCUT2D eigenvalue weighted by Gasteiger charge is -2.09. The van der Waals surface area contributed by atoms with Crippen molar-refractivity contribution in [3.8, 4) is 0 Å². The van der Waals surface area contributed by atoms with Crippen molar-refractivity contribution in [1.82, 2.24) is 0 Å². The van der Waals surface area contributed by atoms with Crippen molar-refractivity contribution in [1.29, 1.82) is 0 Å². The van der Waals surface area contributed by atoms with Crippen LogP contribution < -0.4 is 5.32 Å². The number of anilines is 1. The highest BCUT2D eigenvalue weighted by atomic mass is 79.9. The molecule has 0 aliphatic carbocycles. The van der Waals surface area contributed by atoms with Crippen LogP contribution in [-0.2, 0) is 6.54 Å². The molecule has 4 heteroatoms. The van der Waals surface area contributed by atoms with Crippen LogP contribution in [0.5, 0.6) is 0 Å². The van der Waals surface area contributed by atoms with Crippen molar-refractivity contribution >= 4 is 33.2 Å². The first-order valence-electron chi connectivity index (χ1n) is 5.09. The summed E-state index contributed by atoms with van der Waals surface area (Å²) in [6.07, 6.45) is 0. The van der Waals surface area contributed by atoms with E-state index in [-0.39, 0.29) is 5.82 Å². The Balaban J connectivity index is 2.10. The number of nitrogens with one attached hydrogen (secondary N) is 1. The van der Waals surface area contributed by atoms with Crippen molar-refractivity contribution in [2.24, 2.45) is 0 Å². The zero-order valence-electron chi connectivity index (χ0n) is 8.88. The Morgan fingerprint density at radius 3 is 2.65 bits per heavy atom. The molecule has 0 aliphatic heterocycles. The molecule has 2 aromatic carbocycles. The largest absolute Gasteiger partial charge is 0.380 e. The first kappa shape index (κ1) is 12.4. The molecule has 1 nitrogen and oxygen atoms in total. The molecule has 0 bridgehead atoms. The molecule has 2 rings (SSSR count). The van der Waals surface area contributed by atoms with Crippen LogP contribution in [0.3, 0.4) is 0 Å². The first-order valence-corrected chi connectivity index (χ1v) is 6.26. The third kappa shape index (κ3) is 3.20. The summed E-state index contributed by atoms with van der Waals surface area (Å²) in [5.41, 5.74) is 1.41. The molecule has 1 N–H and O–H groups in total. The van der Waals surface area contributed by atoms with Crippen LogP contribution in [0.15, 0.2) is 46.9 Å². The van der Waals surface area contributed by atoms with Gasteiger partial charge in [-0.1, -0.05) is 45.7 Å². The van der Waals surface area contributed by atoms with Crippen LogP contribution in [0.25, 0.3) is 0 Å². The van der Waals surface area contributed by atoms with Crippen LogP contribution in [0.1, 0.15) is 5.56 Å². The summed E-state index contributed by atoms with van der Waals surface area (Å²) in [5, 5.41) is 3.71. The average Bonchev–Trinajstić information content (AvgIpc) is 2.30. The van der Waals surface area contributed by atoms with Gasteiger partial charge in [-0.2, -0.15) is 0 Å². The lowest BCUT2D eigenvalue weighted by molar-refractivity contribution is 0.613. The van der Waals surface area contributed by atoms with Crippen molar-refractivity contribution in [2.75, 3.05) is 5.32 Å². The van der Waals surface area contributed by atoms with E-state index < -0.39 is 0 Å². The van der Waals surface area contributed by atoms with E-state index in [4.69, 9.17) is 11.6 Å². The van der Waals surface area contributed by atoms with Gasteiger partial charge in [0.1, 0.15) is 5.82 Å². The fourth-order valence-corrected chi connectivity index (χ4v) is 2.21. The molecule has 0 saturated carbocycles. The third-order valence-corrected chi connectivity index (χ3v) is 3.16. The third-order valence-electron chi connectivity index (χ3n) is 2.36. The van der Waals surface area contributed by atoms with E-state index in [0.29, 0.717) is 17.1 Å². The number of benzene rings is 2. The topological polar surface area (TPSA) is 12.0 Å². The Labute approximate surface area is 113 Å². The standard InChI is InChI=1S/C13H10BrClFN/c14-10-5-6-13(11(15)7-10)17-8-9-3-1-2-4-12(9)16/h1-7,17H,8H2. The second kappa shape index (κ2) is 5.52. The highest BCUT2D eigenvalue weighted by Crippen LogP contribution is 2.26. The van der Waals surface area contributed by atoms with Crippen molar-refractivity contribution in [3.63, 3.8) is 0 Å². The Hall–Kier alpha value is -1.06. The highest BCUT2D eigenvalue weighted by molar-refractivity contribution is 9.10. The minimum atomic E-state index is -0.215. The Bertz CT molecular complexity index is 531. The van der Waals surface area contributed by atoms with Gasteiger partial charge in [0, 0.05) is 16.6 Å². The summed E-state index contributed by atoms with van der Waals surface area (Å²) in [6, 6.07) is 12.2. The highest BCUT2D eigenvalue weighted by Gasteiger charge is 2.03. The molecule has 0 aromatic heterocycles. The zero-order chi connectivity index (χ0) is 12.3. The smallest absolute Gasteiger partial charge is 0.128 e. The van der Waals surface area contributed by atoms with Crippen LogP contribution in [0.4, 0.5) is 10.1 Å². The normalized spacial score (nSPS) is 10.3. The first-order chi connectivity index (χ1) is 8.16. The maximum absolute atomic E-state index is 13.4. The van der Waals surface area contributed by atoms with Crippen LogP contribution in [0.2, 0.25) is 5.02 Å². The van der Waals surface area contributed by atoms with Gasteiger partial charge in [0.25, 0.3) is 0 Å². The molecule has 0 aliphatic rings. The Morgan fingerprint density at radius 1 is 1.18 bits per heavy atom. The van der Waals surface area contributed by atoms with Crippen LogP contribution in [0, 0.1) is 5.82 Å². The van der Waals surface area contributed by atoms with E-state index in [1.54, 1.807) is 18.2 Å². The second-order valence-electron chi connectivity index (χ2n) is 3.57. The molecule has 0 fully saturated rings. The molecule has 2 aromatic rings. The van der Waals surface area contributed by atoms with E-state index in [1.807, 2.05) is 18.2 Å². The van der Waals surface area contributed by atoms with E-state index in [1.165, 1.54) is 6.07 Å². The molecule has 17 heavy (non-hydrogen) atoms. The molecule has 0 amide bonds. The zero-order valence-corrected chi connectivity index (χ0v) is 11.2. The summed E-state index contributed by atoms with van der Waals surface area (Å²) in [6.45, 7) is 0.411. The number of hydrogen-bond acceptors (Lipinski definition) is 1. The summed E-state index contributed by atoms with van der Waals surface area (Å²) in [5.74, 6) is -0.215. The maximum Gasteiger partial charge on any atom is 0.128 e. The molecule has 0 saturated heterocycles. The van der Waals surface area contributed by atoms with Crippen LogP contribution in [-0.4, -0.2) is 0 Å². The number of rotatable bonds is 3. The van der Waals surface area contributed by atoms with E-state index in [9.17, 15) is 4.39 Å². The lowest BCUT2D eigenvalue weighted by atomic mass is 10.2. The van der Waals surface area contributed by atoms with Crippen molar-refractivity contribution in [2.45, 2.75) is 6.54 Å². The SMILES string of the molecule is Fc1ccccc1CNc1ccc(Br)cc1Cl. The minimum absolute atomic E-state index is 0.215. The van der Waals surface area contributed by atoms with E-state index in [0.717, 1.165) is 10.2 Å². The molecule has 0 unspecified atom stereocenters. The van der Waals surface area contributed by atoms with E-state index in [2.05, 4.69) is 21.2 Å². The number of halogens is 3. The van der Waals surface area contributed by atoms with Crippen molar-refractivity contribution < 1.29 is 4.39 Å².